The number of carbonyl (C=O) groups excluding carboxylic acids is 2. The molecule has 0 saturated heterocycles. The van der Waals surface area contributed by atoms with E-state index in [4.69, 9.17) is 4.52 Å². The van der Waals surface area contributed by atoms with E-state index in [2.05, 4.69) is 15.8 Å². The molecule has 0 aliphatic rings. The Bertz CT molecular complexity index is 692. The number of aromatic nitrogens is 1. The number of nitrogens with one attached hydrogen (secondary N) is 2. The molecule has 0 fully saturated rings. The van der Waals surface area contributed by atoms with Crippen LogP contribution in [0.15, 0.2) is 28.8 Å². The van der Waals surface area contributed by atoms with Crippen LogP contribution < -0.4 is 10.6 Å². The van der Waals surface area contributed by atoms with Crippen LogP contribution in [-0.2, 0) is 16.0 Å². The highest BCUT2D eigenvalue weighted by Crippen LogP contribution is 2.21. The molecule has 0 spiro atoms. The first-order chi connectivity index (χ1) is 10.5. The lowest BCUT2D eigenvalue weighted by Crippen LogP contribution is -2.22. The summed E-state index contributed by atoms with van der Waals surface area (Å²) >= 11 is 0. The number of para-hydroxylation sites is 1. The van der Waals surface area contributed by atoms with Crippen LogP contribution in [0.3, 0.4) is 0 Å². The van der Waals surface area contributed by atoms with Gasteiger partial charge in [0.15, 0.2) is 5.82 Å². The molecule has 0 aliphatic carbocycles. The van der Waals surface area contributed by atoms with Crippen molar-refractivity contribution in [3.05, 3.63) is 41.2 Å². The summed E-state index contributed by atoms with van der Waals surface area (Å²) in [6, 6.07) is 7.42. The quantitative estimate of drug-likeness (QED) is 0.832. The zero-order valence-electron chi connectivity index (χ0n) is 12.9. The zero-order valence-corrected chi connectivity index (χ0v) is 12.9. The van der Waals surface area contributed by atoms with Crippen LogP contribution in [-0.4, -0.2) is 17.0 Å². The highest BCUT2D eigenvalue weighted by Gasteiger charge is 2.14. The van der Waals surface area contributed by atoms with E-state index in [0.29, 0.717) is 11.6 Å². The molecule has 0 atom stereocenters. The van der Waals surface area contributed by atoms with E-state index in [-0.39, 0.29) is 12.3 Å². The van der Waals surface area contributed by atoms with Crippen LogP contribution in [0.5, 0.6) is 0 Å². The van der Waals surface area contributed by atoms with E-state index in [1.165, 1.54) is 0 Å². The number of hydrogen-bond acceptors (Lipinski definition) is 4. The van der Waals surface area contributed by atoms with Gasteiger partial charge in [-0.05, 0) is 31.4 Å². The fourth-order valence-corrected chi connectivity index (χ4v) is 2.14. The minimum atomic E-state index is -0.433. The van der Waals surface area contributed by atoms with E-state index in [1.807, 2.05) is 32.0 Å². The van der Waals surface area contributed by atoms with Gasteiger partial charge in [-0.2, -0.15) is 0 Å². The first-order valence-electron chi connectivity index (χ1n) is 7.11. The highest BCUT2D eigenvalue weighted by atomic mass is 16.5. The maximum absolute atomic E-state index is 12.0. The van der Waals surface area contributed by atoms with Gasteiger partial charge < -0.3 is 15.2 Å². The summed E-state index contributed by atoms with van der Waals surface area (Å²) in [6.45, 7) is 5.66. The van der Waals surface area contributed by atoms with Crippen molar-refractivity contribution in [1.29, 1.82) is 0 Å². The second-order valence-corrected chi connectivity index (χ2v) is 5.06. The average molecular weight is 301 g/mol. The van der Waals surface area contributed by atoms with Crippen molar-refractivity contribution in [1.82, 2.24) is 5.16 Å². The predicted octanol–water partition coefficient (Wildman–Crippen LogP) is 2.82. The lowest BCUT2D eigenvalue weighted by atomic mass is 10.1. The van der Waals surface area contributed by atoms with Crippen molar-refractivity contribution in [3.8, 4) is 0 Å². The molecule has 0 saturated carbocycles. The topological polar surface area (TPSA) is 84.2 Å². The minimum absolute atomic E-state index is 0.274. The summed E-state index contributed by atoms with van der Waals surface area (Å²) < 4.78 is 4.85. The van der Waals surface area contributed by atoms with E-state index in [0.717, 1.165) is 23.2 Å². The summed E-state index contributed by atoms with van der Waals surface area (Å²) in [5.41, 5.74) is 2.79. The van der Waals surface area contributed by atoms with Crippen LogP contribution in [0.4, 0.5) is 11.5 Å². The first-order valence-corrected chi connectivity index (χ1v) is 7.11. The Kier molecular flexibility index (Phi) is 4.93. The van der Waals surface area contributed by atoms with Gasteiger partial charge in [0.1, 0.15) is 12.2 Å². The largest absolute Gasteiger partial charge is 0.360 e. The van der Waals surface area contributed by atoms with Gasteiger partial charge in [-0.25, -0.2) is 0 Å². The van der Waals surface area contributed by atoms with Crippen molar-refractivity contribution in [3.63, 3.8) is 0 Å². The minimum Gasteiger partial charge on any atom is -0.360 e. The Hall–Kier alpha value is -2.63. The molecule has 1 aromatic heterocycles. The number of nitrogens with zero attached hydrogens (tertiary/aromatic N) is 1. The van der Waals surface area contributed by atoms with Gasteiger partial charge in [0.25, 0.3) is 0 Å². The van der Waals surface area contributed by atoms with Crippen LogP contribution in [0.1, 0.15) is 30.2 Å². The van der Waals surface area contributed by atoms with Crippen LogP contribution >= 0.6 is 0 Å². The van der Waals surface area contributed by atoms with Crippen molar-refractivity contribution in [2.75, 3.05) is 10.6 Å². The number of aryl methyl sites for hydroxylation is 3. The zero-order chi connectivity index (χ0) is 16.1. The number of anilines is 2. The molecule has 6 nitrogen and oxygen atoms in total. The molecule has 2 amide bonds. The van der Waals surface area contributed by atoms with Crippen LogP contribution in [0.2, 0.25) is 0 Å². The van der Waals surface area contributed by atoms with Gasteiger partial charge >= 0.3 is 0 Å². The molecule has 1 aromatic carbocycles. The van der Waals surface area contributed by atoms with Crippen molar-refractivity contribution in [2.45, 2.75) is 33.6 Å². The van der Waals surface area contributed by atoms with E-state index < -0.39 is 5.91 Å². The van der Waals surface area contributed by atoms with E-state index in [1.54, 1.807) is 13.0 Å². The molecular formula is C16H19N3O3. The molecule has 0 radical (unpaired) electrons. The second-order valence-electron chi connectivity index (χ2n) is 5.06. The Morgan fingerprint density at radius 1 is 1.18 bits per heavy atom. The fraction of sp³-hybridized carbons (Fsp3) is 0.312. The molecule has 1 heterocycles. The number of rotatable bonds is 5. The number of amides is 2. The molecule has 0 bridgehead atoms. The van der Waals surface area contributed by atoms with E-state index >= 15 is 0 Å². The smallest absolute Gasteiger partial charge is 0.235 e. The normalized spacial score (nSPS) is 10.3. The third-order valence-electron chi connectivity index (χ3n) is 3.22. The summed E-state index contributed by atoms with van der Waals surface area (Å²) in [5, 5.41) is 8.98. The average Bonchev–Trinajstić information content (AvgIpc) is 2.86. The molecule has 2 N–H and O–H groups in total. The van der Waals surface area contributed by atoms with Gasteiger partial charge in [0, 0.05) is 11.8 Å². The molecule has 6 heteroatoms. The highest BCUT2D eigenvalue weighted by molar-refractivity contribution is 6.08. The molecule has 0 unspecified atom stereocenters. The van der Waals surface area contributed by atoms with Gasteiger partial charge in [-0.3, -0.25) is 9.59 Å². The van der Waals surface area contributed by atoms with Crippen LogP contribution in [0, 0.1) is 13.8 Å². The molecule has 0 aliphatic heterocycles. The van der Waals surface area contributed by atoms with Gasteiger partial charge in [0.05, 0.1) is 0 Å². The van der Waals surface area contributed by atoms with Gasteiger partial charge in [-0.1, -0.05) is 30.3 Å². The molecule has 116 valence electrons. The lowest BCUT2D eigenvalue weighted by molar-refractivity contribution is -0.123. The van der Waals surface area contributed by atoms with Crippen molar-refractivity contribution in [2.24, 2.45) is 0 Å². The third-order valence-corrected chi connectivity index (χ3v) is 3.22. The Balaban J connectivity index is 1.97. The molecule has 2 rings (SSSR count). The Morgan fingerprint density at radius 2 is 1.91 bits per heavy atom. The summed E-state index contributed by atoms with van der Waals surface area (Å²) in [7, 11) is 0. The van der Waals surface area contributed by atoms with Crippen LogP contribution in [0.25, 0.3) is 0 Å². The lowest BCUT2D eigenvalue weighted by Gasteiger charge is -2.12. The summed E-state index contributed by atoms with van der Waals surface area (Å²) in [6.07, 6.45) is 0.533. The van der Waals surface area contributed by atoms with E-state index in [9.17, 15) is 9.59 Å². The first kappa shape index (κ1) is 15.8. The molecule has 22 heavy (non-hydrogen) atoms. The van der Waals surface area contributed by atoms with Crippen molar-refractivity contribution >= 4 is 23.3 Å². The standard InChI is InChI=1S/C16H19N3O3/c1-4-12-7-5-6-10(2)16(12)18-15(21)9-14(20)17-13-8-11(3)22-19-13/h5-8H,4,9H2,1-3H3,(H,18,21)(H,17,19,20). The third kappa shape index (κ3) is 3.94. The Morgan fingerprint density at radius 3 is 2.55 bits per heavy atom. The number of benzene rings is 1. The second kappa shape index (κ2) is 6.89. The maximum Gasteiger partial charge on any atom is 0.235 e. The summed E-state index contributed by atoms with van der Waals surface area (Å²) in [5.74, 6) is 0.104. The van der Waals surface area contributed by atoms with Gasteiger partial charge in [0.2, 0.25) is 11.8 Å². The SMILES string of the molecule is CCc1cccc(C)c1NC(=O)CC(=O)Nc1cc(C)on1. The Labute approximate surface area is 128 Å². The predicted molar refractivity (Wildman–Crippen MR) is 83.7 cm³/mol. The number of carbonyl (C=O) groups is 2. The monoisotopic (exact) mass is 301 g/mol. The van der Waals surface area contributed by atoms with Gasteiger partial charge in [-0.15, -0.1) is 0 Å². The number of hydrogen-bond donors (Lipinski definition) is 2. The fourth-order valence-electron chi connectivity index (χ4n) is 2.14. The van der Waals surface area contributed by atoms with Crippen molar-refractivity contribution < 1.29 is 14.1 Å². The maximum atomic E-state index is 12.0. The summed E-state index contributed by atoms with van der Waals surface area (Å²) in [4.78, 5) is 23.8. The molecule has 2 aromatic rings. The molecular weight excluding hydrogens is 282 g/mol.